The Bertz CT molecular complexity index is 438. The number of carbonyl (C=O) groups excluding carboxylic acids is 1. The van der Waals surface area contributed by atoms with Crippen LogP contribution in [0.2, 0.25) is 5.02 Å². The van der Waals surface area contributed by atoms with Gasteiger partial charge < -0.3 is 15.5 Å². The van der Waals surface area contributed by atoms with Gasteiger partial charge in [-0.3, -0.25) is 9.59 Å². The minimum Gasteiger partial charge on any atom is -0.506 e. The molecule has 17 heavy (non-hydrogen) atoms. The molecule has 0 fully saturated rings. The van der Waals surface area contributed by atoms with Crippen molar-refractivity contribution in [3.63, 3.8) is 0 Å². The number of hydrogen-bond acceptors (Lipinski definition) is 4. The molecule has 0 aromatic heterocycles. The number of amides is 1. The van der Waals surface area contributed by atoms with Crippen molar-refractivity contribution < 1.29 is 19.8 Å². The van der Waals surface area contributed by atoms with Gasteiger partial charge >= 0.3 is 5.97 Å². The van der Waals surface area contributed by atoms with Crippen LogP contribution in [0.3, 0.4) is 0 Å². The molecule has 1 aromatic rings. The molecule has 0 aliphatic rings. The van der Waals surface area contributed by atoms with Gasteiger partial charge in [0.05, 0.1) is 16.5 Å². The predicted octanol–water partition coefficient (Wildman–Crippen LogP) is 1.80. The van der Waals surface area contributed by atoms with Crippen molar-refractivity contribution in [3.8, 4) is 5.75 Å². The highest BCUT2D eigenvalue weighted by molar-refractivity contribution is 8.00. The van der Waals surface area contributed by atoms with Gasteiger partial charge in [-0.05, 0) is 18.2 Å². The van der Waals surface area contributed by atoms with Crippen LogP contribution in [0.25, 0.3) is 0 Å². The number of carboxylic acid groups (broad SMARTS) is 1. The average Bonchev–Trinajstić information content (AvgIpc) is 2.23. The van der Waals surface area contributed by atoms with Crippen molar-refractivity contribution in [3.05, 3.63) is 23.2 Å². The molecule has 0 aliphatic carbocycles. The van der Waals surface area contributed by atoms with Gasteiger partial charge in [-0.2, -0.15) is 0 Å². The number of nitrogens with one attached hydrogen (secondary N) is 1. The highest BCUT2D eigenvalue weighted by atomic mass is 35.5. The number of phenols is 1. The molecular weight excluding hydrogens is 266 g/mol. The lowest BCUT2D eigenvalue weighted by atomic mass is 10.3. The fourth-order valence-electron chi connectivity index (χ4n) is 1.01. The molecule has 1 amide bonds. The third kappa shape index (κ3) is 4.97. The molecule has 92 valence electrons. The number of rotatable bonds is 5. The Morgan fingerprint density at radius 3 is 2.65 bits per heavy atom. The minimum atomic E-state index is -0.963. The maximum absolute atomic E-state index is 11.4. The van der Waals surface area contributed by atoms with Crippen molar-refractivity contribution >= 4 is 40.9 Å². The number of anilines is 1. The highest BCUT2D eigenvalue weighted by Crippen LogP contribution is 2.26. The van der Waals surface area contributed by atoms with E-state index in [1.807, 2.05) is 0 Å². The number of thioether (sulfide) groups is 1. The number of carbonyl (C=O) groups is 2. The number of carboxylic acids is 1. The van der Waals surface area contributed by atoms with Gasteiger partial charge in [0.15, 0.2) is 0 Å². The van der Waals surface area contributed by atoms with E-state index < -0.39 is 5.97 Å². The molecule has 0 radical (unpaired) electrons. The zero-order chi connectivity index (χ0) is 12.8. The molecule has 1 rings (SSSR count). The van der Waals surface area contributed by atoms with E-state index in [1.165, 1.54) is 18.2 Å². The molecule has 0 aliphatic heterocycles. The molecule has 0 heterocycles. The highest BCUT2D eigenvalue weighted by Gasteiger charge is 2.06. The number of benzene rings is 1. The summed E-state index contributed by atoms with van der Waals surface area (Å²) in [6, 6.07) is 4.28. The Labute approximate surface area is 107 Å². The van der Waals surface area contributed by atoms with Crippen LogP contribution in [0.1, 0.15) is 0 Å². The zero-order valence-corrected chi connectivity index (χ0v) is 10.2. The Morgan fingerprint density at radius 2 is 2.06 bits per heavy atom. The molecule has 7 heteroatoms. The summed E-state index contributed by atoms with van der Waals surface area (Å²) in [6.07, 6.45) is 0. The van der Waals surface area contributed by atoms with E-state index >= 15 is 0 Å². The lowest BCUT2D eigenvalue weighted by Gasteiger charge is -2.05. The molecule has 0 saturated heterocycles. The summed E-state index contributed by atoms with van der Waals surface area (Å²) in [5.41, 5.74) is 0.453. The molecule has 5 nitrogen and oxygen atoms in total. The van der Waals surface area contributed by atoms with Crippen molar-refractivity contribution in [2.75, 3.05) is 16.8 Å². The van der Waals surface area contributed by atoms with Crippen LogP contribution in [-0.4, -0.2) is 33.6 Å². The first-order chi connectivity index (χ1) is 7.99. The first kappa shape index (κ1) is 13.7. The molecule has 0 bridgehead atoms. The van der Waals surface area contributed by atoms with E-state index in [2.05, 4.69) is 5.32 Å². The summed E-state index contributed by atoms with van der Waals surface area (Å²) >= 11 is 6.66. The largest absolute Gasteiger partial charge is 0.506 e. The van der Waals surface area contributed by atoms with Gasteiger partial charge in [-0.1, -0.05) is 11.6 Å². The summed E-state index contributed by atoms with van der Waals surface area (Å²) in [6.45, 7) is 0. The second-order valence-corrected chi connectivity index (χ2v) is 4.49. The average molecular weight is 276 g/mol. The molecule has 0 spiro atoms. The van der Waals surface area contributed by atoms with Gasteiger partial charge in [-0.15, -0.1) is 11.8 Å². The molecule has 1 aromatic carbocycles. The Hall–Kier alpha value is -1.40. The second kappa shape index (κ2) is 6.36. The van der Waals surface area contributed by atoms with Crippen LogP contribution in [0.15, 0.2) is 18.2 Å². The van der Waals surface area contributed by atoms with Crippen LogP contribution in [0, 0.1) is 0 Å². The van der Waals surface area contributed by atoms with Gasteiger partial charge in [0.25, 0.3) is 0 Å². The first-order valence-corrected chi connectivity index (χ1v) is 6.10. The third-order valence-corrected chi connectivity index (χ3v) is 2.91. The topological polar surface area (TPSA) is 86.6 Å². The summed E-state index contributed by atoms with van der Waals surface area (Å²) in [5, 5.41) is 20.2. The van der Waals surface area contributed by atoms with Gasteiger partial charge in [0.2, 0.25) is 5.91 Å². The summed E-state index contributed by atoms with van der Waals surface area (Å²) in [4.78, 5) is 21.6. The van der Waals surface area contributed by atoms with E-state index in [4.69, 9.17) is 21.8 Å². The molecule has 0 atom stereocenters. The van der Waals surface area contributed by atoms with Gasteiger partial charge in [0.1, 0.15) is 5.75 Å². The van der Waals surface area contributed by atoms with Crippen LogP contribution in [-0.2, 0) is 9.59 Å². The molecule has 3 N–H and O–H groups in total. The standard InChI is InChI=1S/C10H10ClNO4S/c11-7-3-6(1-2-8(7)13)12-9(14)4-17-5-10(15)16/h1-3,13H,4-5H2,(H,12,14)(H,15,16). The van der Waals surface area contributed by atoms with E-state index in [1.54, 1.807) is 0 Å². The third-order valence-electron chi connectivity index (χ3n) is 1.69. The van der Waals surface area contributed by atoms with E-state index in [0.29, 0.717) is 5.69 Å². The lowest BCUT2D eigenvalue weighted by molar-refractivity contribution is -0.133. The first-order valence-electron chi connectivity index (χ1n) is 4.57. The van der Waals surface area contributed by atoms with Crippen molar-refractivity contribution in [2.24, 2.45) is 0 Å². The number of aromatic hydroxyl groups is 1. The van der Waals surface area contributed by atoms with Crippen molar-refractivity contribution in [1.82, 2.24) is 0 Å². The Morgan fingerprint density at radius 1 is 1.35 bits per heavy atom. The number of aliphatic carboxylic acids is 1. The quantitative estimate of drug-likeness (QED) is 0.714. The Kier molecular flexibility index (Phi) is 5.11. The van der Waals surface area contributed by atoms with Crippen LogP contribution >= 0.6 is 23.4 Å². The van der Waals surface area contributed by atoms with Gasteiger partial charge in [-0.25, -0.2) is 0 Å². The SMILES string of the molecule is O=C(O)CSCC(=O)Nc1ccc(O)c(Cl)c1. The minimum absolute atomic E-state index is 0.0464. The predicted molar refractivity (Wildman–Crippen MR) is 66.7 cm³/mol. The van der Waals surface area contributed by atoms with Crippen LogP contribution < -0.4 is 5.32 Å². The fourth-order valence-corrected chi connectivity index (χ4v) is 1.73. The number of halogens is 1. The zero-order valence-electron chi connectivity index (χ0n) is 8.64. The van der Waals surface area contributed by atoms with E-state index in [0.717, 1.165) is 11.8 Å². The van der Waals surface area contributed by atoms with Crippen molar-refractivity contribution in [1.29, 1.82) is 0 Å². The Balaban J connectivity index is 2.45. The maximum Gasteiger partial charge on any atom is 0.313 e. The van der Waals surface area contributed by atoms with Gasteiger partial charge in [0, 0.05) is 5.69 Å². The number of phenolic OH excluding ortho intramolecular Hbond substituents is 1. The summed E-state index contributed by atoms with van der Waals surface area (Å²) in [7, 11) is 0. The number of hydrogen-bond donors (Lipinski definition) is 3. The summed E-state index contributed by atoms with van der Waals surface area (Å²) in [5.74, 6) is -1.42. The van der Waals surface area contributed by atoms with E-state index in [9.17, 15) is 9.59 Å². The van der Waals surface area contributed by atoms with E-state index in [-0.39, 0.29) is 28.2 Å². The molecule has 0 unspecified atom stereocenters. The molecule has 0 saturated carbocycles. The second-order valence-electron chi connectivity index (χ2n) is 3.10. The van der Waals surface area contributed by atoms with Crippen LogP contribution in [0.5, 0.6) is 5.75 Å². The van der Waals surface area contributed by atoms with Crippen LogP contribution in [0.4, 0.5) is 5.69 Å². The lowest BCUT2D eigenvalue weighted by Crippen LogP contribution is -2.15. The normalized spacial score (nSPS) is 9.94. The fraction of sp³-hybridized carbons (Fsp3) is 0.200. The smallest absolute Gasteiger partial charge is 0.313 e. The van der Waals surface area contributed by atoms with Crippen molar-refractivity contribution in [2.45, 2.75) is 0 Å². The summed E-state index contributed by atoms with van der Waals surface area (Å²) < 4.78 is 0. The monoisotopic (exact) mass is 275 g/mol. The molecular formula is C10H10ClNO4S. The maximum atomic E-state index is 11.4.